The maximum Gasteiger partial charge on any atom is 0.224 e. The van der Waals surface area contributed by atoms with Crippen LogP contribution in [0, 0.1) is 11.3 Å². The number of primary amides is 1. The van der Waals surface area contributed by atoms with Gasteiger partial charge in [-0.15, -0.1) is 0 Å². The monoisotopic (exact) mass is 186 g/mol. The second-order valence-electron chi connectivity index (χ2n) is 4.84. The van der Waals surface area contributed by atoms with Gasteiger partial charge in [-0.05, 0) is 26.8 Å². The molecule has 0 aliphatic rings. The first kappa shape index (κ1) is 12.4. The molecule has 0 unspecified atom stereocenters. The molecule has 0 saturated carbocycles. The molecule has 0 aromatic rings. The van der Waals surface area contributed by atoms with Gasteiger partial charge in [-0.2, -0.15) is 0 Å². The fraction of sp³-hybridized carbons (Fsp3) is 0.900. The predicted octanol–water partition coefficient (Wildman–Crippen LogP) is 1.09. The normalized spacial score (nSPS) is 12.5. The summed E-state index contributed by atoms with van der Waals surface area (Å²) in [5.41, 5.74) is 4.86. The number of nitrogens with zero attached hydrogens (tertiary/aromatic N) is 1. The Hall–Kier alpha value is -0.570. The molecule has 0 bridgehead atoms. The molecule has 0 spiro atoms. The van der Waals surface area contributed by atoms with Gasteiger partial charge in [0, 0.05) is 13.1 Å². The smallest absolute Gasteiger partial charge is 0.224 e. The van der Waals surface area contributed by atoms with Crippen LogP contribution in [0.4, 0.5) is 0 Å². The lowest BCUT2D eigenvalue weighted by Gasteiger charge is -2.28. The molecule has 0 saturated heterocycles. The summed E-state index contributed by atoms with van der Waals surface area (Å²) >= 11 is 0. The summed E-state index contributed by atoms with van der Waals surface area (Å²) in [4.78, 5) is 13.2. The van der Waals surface area contributed by atoms with Gasteiger partial charge in [0.05, 0.1) is 5.41 Å². The van der Waals surface area contributed by atoms with Gasteiger partial charge in [0.1, 0.15) is 0 Å². The van der Waals surface area contributed by atoms with Crippen LogP contribution in [-0.4, -0.2) is 30.9 Å². The Bertz CT molecular complexity index is 176. The van der Waals surface area contributed by atoms with Crippen LogP contribution in [-0.2, 0) is 4.79 Å². The average Bonchev–Trinajstić information content (AvgIpc) is 1.82. The van der Waals surface area contributed by atoms with Gasteiger partial charge in [-0.25, -0.2) is 0 Å². The van der Waals surface area contributed by atoms with E-state index >= 15 is 0 Å². The number of nitrogens with two attached hydrogens (primary N) is 1. The highest BCUT2D eigenvalue weighted by Crippen LogP contribution is 2.15. The maximum atomic E-state index is 11.0. The van der Waals surface area contributed by atoms with Crippen LogP contribution in [0.2, 0.25) is 0 Å². The molecule has 3 nitrogen and oxygen atoms in total. The second-order valence-corrected chi connectivity index (χ2v) is 4.84. The zero-order valence-electron chi connectivity index (χ0n) is 9.42. The fourth-order valence-corrected chi connectivity index (χ4v) is 1.44. The number of carbonyl (C=O) groups is 1. The van der Waals surface area contributed by atoms with E-state index in [9.17, 15) is 4.79 Å². The van der Waals surface area contributed by atoms with Gasteiger partial charge in [0.25, 0.3) is 0 Å². The van der Waals surface area contributed by atoms with Gasteiger partial charge >= 0.3 is 0 Å². The van der Waals surface area contributed by atoms with Gasteiger partial charge in [0.15, 0.2) is 0 Å². The zero-order valence-corrected chi connectivity index (χ0v) is 9.42. The fourth-order valence-electron chi connectivity index (χ4n) is 1.44. The van der Waals surface area contributed by atoms with Crippen molar-refractivity contribution in [3.8, 4) is 0 Å². The largest absolute Gasteiger partial charge is 0.369 e. The SMILES string of the molecule is CC(C)CN(C)CC(C)(C)C(N)=O. The topological polar surface area (TPSA) is 46.3 Å². The number of hydrogen-bond donors (Lipinski definition) is 1. The molecule has 0 aromatic heterocycles. The Morgan fingerprint density at radius 3 is 2.23 bits per heavy atom. The zero-order chi connectivity index (χ0) is 10.6. The minimum Gasteiger partial charge on any atom is -0.369 e. The first-order chi connectivity index (χ1) is 5.75. The molecule has 0 aliphatic carbocycles. The van der Waals surface area contributed by atoms with Crippen LogP contribution >= 0.6 is 0 Å². The first-order valence-corrected chi connectivity index (χ1v) is 4.74. The average molecular weight is 186 g/mol. The Kier molecular flexibility index (Phi) is 4.40. The Morgan fingerprint density at radius 2 is 1.92 bits per heavy atom. The third kappa shape index (κ3) is 4.88. The molecule has 2 N–H and O–H groups in total. The number of carbonyl (C=O) groups excluding carboxylic acids is 1. The van der Waals surface area contributed by atoms with Crippen LogP contribution in [0.15, 0.2) is 0 Å². The van der Waals surface area contributed by atoms with Crippen molar-refractivity contribution in [1.82, 2.24) is 4.90 Å². The molecule has 0 atom stereocenters. The summed E-state index contributed by atoms with van der Waals surface area (Å²) in [6.45, 7) is 9.80. The molecule has 0 rings (SSSR count). The van der Waals surface area contributed by atoms with Crippen molar-refractivity contribution in [2.45, 2.75) is 27.7 Å². The Labute approximate surface area is 81.3 Å². The number of rotatable bonds is 5. The molecular weight excluding hydrogens is 164 g/mol. The Morgan fingerprint density at radius 1 is 1.46 bits per heavy atom. The highest BCUT2D eigenvalue weighted by molar-refractivity contribution is 5.80. The quantitative estimate of drug-likeness (QED) is 0.698. The third-order valence-electron chi connectivity index (χ3n) is 2.01. The van der Waals surface area contributed by atoms with Crippen molar-refractivity contribution in [3.63, 3.8) is 0 Å². The molecule has 0 aliphatic heterocycles. The molecule has 0 heterocycles. The van der Waals surface area contributed by atoms with E-state index in [1.54, 1.807) is 0 Å². The first-order valence-electron chi connectivity index (χ1n) is 4.74. The highest BCUT2D eigenvalue weighted by atomic mass is 16.1. The van der Waals surface area contributed by atoms with E-state index in [0.717, 1.165) is 13.1 Å². The van der Waals surface area contributed by atoms with E-state index in [1.807, 2.05) is 20.9 Å². The maximum absolute atomic E-state index is 11.0. The lowest BCUT2D eigenvalue weighted by Crippen LogP contribution is -2.42. The van der Waals surface area contributed by atoms with Crippen LogP contribution in [0.3, 0.4) is 0 Å². The molecule has 0 aromatic carbocycles. The van der Waals surface area contributed by atoms with Crippen molar-refractivity contribution >= 4 is 5.91 Å². The van der Waals surface area contributed by atoms with Gasteiger partial charge in [-0.3, -0.25) is 4.79 Å². The molecule has 78 valence electrons. The van der Waals surface area contributed by atoms with Gasteiger partial charge < -0.3 is 10.6 Å². The summed E-state index contributed by atoms with van der Waals surface area (Å²) < 4.78 is 0. The molecule has 0 fully saturated rings. The van der Waals surface area contributed by atoms with Crippen molar-refractivity contribution in [2.75, 3.05) is 20.1 Å². The summed E-state index contributed by atoms with van der Waals surface area (Å²) in [6.07, 6.45) is 0. The van der Waals surface area contributed by atoms with Crippen LogP contribution in [0.25, 0.3) is 0 Å². The van der Waals surface area contributed by atoms with Gasteiger partial charge in [0.2, 0.25) is 5.91 Å². The predicted molar refractivity (Wildman–Crippen MR) is 55.3 cm³/mol. The highest BCUT2D eigenvalue weighted by Gasteiger charge is 2.26. The van der Waals surface area contributed by atoms with Crippen molar-refractivity contribution < 1.29 is 4.79 Å². The van der Waals surface area contributed by atoms with Crippen LogP contribution < -0.4 is 5.73 Å². The van der Waals surface area contributed by atoms with E-state index in [2.05, 4.69) is 18.7 Å². The lowest BCUT2D eigenvalue weighted by atomic mass is 9.92. The summed E-state index contributed by atoms with van der Waals surface area (Å²) in [5, 5.41) is 0. The third-order valence-corrected chi connectivity index (χ3v) is 2.01. The standard InChI is InChI=1S/C10H22N2O/c1-8(2)6-12(5)7-10(3,4)9(11)13/h8H,6-7H2,1-5H3,(H2,11,13). The molecule has 1 amide bonds. The van der Waals surface area contributed by atoms with E-state index in [-0.39, 0.29) is 5.91 Å². The molecule has 3 heteroatoms. The summed E-state index contributed by atoms with van der Waals surface area (Å²) in [5.74, 6) is 0.386. The molecule has 13 heavy (non-hydrogen) atoms. The molecular formula is C10H22N2O. The van der Waals surface area contributed by atoms with Crippen LogP contribution in [0.5, 0.6) is 0 Å². The minimum absolute atomic E-state index is 0.233. The Balaban J connectivity index is 4.04. The van der Waals surface area contributed by atoms with Crippen LogP contribution in [0.1, 0.15) is 27.7 Å². The van der Waals surface area contributed by atoms with Crippen molar-refractivity contribution in [3.05, 3.63) is 0 Å². The van der Waals surface area contributed by atoms with Crippen molar-refractivity contribution in [1.29, 1.82) is 0 Å². The summed E-state index contributed by atoms with van der Waals surface area (Å²) in [7, 11) is 2.02. The van der Waals surface area contributed by atoms with E-state index in [0.29, 0.717) is 5.92 Å². The summed E-state index contributed by atoms with van der Waals surface area (Å²) in [6, 6.07) is 0. The van der Waals surface area contributed by atoms with E-state index in [1.165, 1.54) is 0 Å². The van der Waals surface area contributed by atoms with Crippen molar-refractivity contribution in [2.24, 2.45) is 17.1 Å². The number of hydrogen-bond acceptors (Lipinski definition) is 2. The minimum atomic E-state index is -0.427. The van der Waals surface area contributed by atoms with E-state index < -0.39 is 5.41 Å². The van der Waals surface area contributed by atoms with Gasteiger partial charge in [-0.1, -0.05) is 13.8 Å². The lowest BCUT2D eigenvalue weighted by molar-refractivity contribution is -0.126. The second kappa shape index (κ2) is 4.61. The molecule has 0 radical (unpaired) electrons. The van der Waals surface area contributed by atoms with E-state index in [4.69, 9.17) is 5.73 Å². The number of amides is 1.